The van der Waals surface area contributed by atoms with Crippen LogP contribution in [0.4, 0.5) is 0 Å². The molecule has 12 heavy (non-hydrogen) atoms. The lowest BCUT2D eigenvalue weighted by atomic mass is 10.3. The summed E-state index contributed by atoms with van der Waals surface area (Å²) in [6.07, 6.45) is 0. The maximum absolute atomic E-state index is 5.83. The lowest BCUT2D eigenvalue weighted by molar-refractivity contribution is 0.326. The molecular formula is C8H9BrClNO. The van der Waals surface area contributed by atoms with Crippen LogP contribution in [-0.2, 0) is 0 Å². The van der Waals surface area contributed by atoms with Crippen LogP contribution in [-0.4, -0.2) is 13.2 Å². The lowest BCUT2D eigenvalue weighted by Gasteiger charge is -2.06. The zero-order valence-electron chi connectivity index (χ0n) is 6.39. The standard InChI is InChI=1S/C8H9BrClNO/c9-8-6(10)2-1-3-7(8)12-5-4-11/h1-3H,4-5,11H2. The van der Waals surface area contributed by atoms with Gasteiger partial charge in [-0.1, -0.05) is 17.7 Å². The van der Waals surface area contributed by atoms with Gasteiger partial charge in [-0.25, -0.2) is 0 Å². The Morgan fingerprint density at radius 1 is 1.50 bits per heavy atom. The number of halogens is 2. The van der Waals surface area contributed by atoms with E-state index in [9.17, 15) is 0 Å². The molecule has 0 spiro atoms. The molecule has 0 aliphatic rings. The van der Waals surface area contributed by atoms with Crippen molar-refractivity contribution in [3.8, 4) is 5.75 Å². The summed E-state index contributed by atoms with van der Waals surface area (Å²) in [5.41, 5.74) is 5.29. The largest absolute Gasteiger partial charge is 0.491 e. The topological polar surface area (TPSA) is 35.2 Å². The number of benzene rings is 1. The molecule has 1 rings (SSSR count). The Balaban J connectivity index is 2.78. The smallest absolute Gasteiger partial charge is 0.135 e. The first-order valence-corrected chi connectivity index (χ1v) is 4.69. The van der Waals surface area contributed by atoms with Crippen molar-refractivity contribution in [2.75, 3.05) is 13.2 Å². The number of hydrogen-bond acceptors (Lipinski definition) is 2. The Hall–Kier alpha value is -0.250. The first kappa shape index (κ1) is 9.84. The van der Waals surface area contributed by atoms with E-state index in [1.807, 2.05) is 12.1 Å². The fourth-order valence-corrected chi connectivity index (χ4v) is 1.31. The zero-order valence-corrected chi connectivity index (χ0v) is 8.73. The lowest BCUT2D eigenvalue weighted by Crippen LogP contribution is -2.10. The predicted molar refractivity (Wildman–Crippen MR) is 53.7 cm³/mol. The van der Waals surface area contributed by atoms with Gasteiger partial charge in [-0.15, -0.1) is 0 Å². The Bertz CT molecular complexity index is 267. The number of rotatable bonds is 3. The molecule has 1 aromatic rings. The SMILES string of the molecule is NCCOc1cccc(Cl)c1Br. The van der Waals surface area contributed by atoms with Crippen LogP contribution in [0, 0.1) is 0 Å². The van der Waals surface area contributed by atoms with Crippen LogP contribution in [0.25, 0.3) is 0 Å². The fourth-order valence-electron chi connectivity index (χ4n) is 0.764. The number of hydrogen-bond donors (Lipinski definition) is 1. The highest BCUT2D eigenvalue weighted by molar-refractivity contribution is 9.10. The van der Waals surface area contributed by atoms with Crippen molar-refractivity contribution in [2.24, 2.45) is 5.73 Å². The van der Waals surface area contributed by atoms with Crippen LogP contribution < -0.4 is 10.5 Å². The number of ether oxygens (including phenoxy) is 1. The molecule has 0 fully saturated rings. The summed E-state index contributed by atoms with van der Waals surface area (Å²) in [7, 11) is 0. The van der Waals surface area contributed by atoms with Crippen LogP contribution >= 0.6 is 27.5 Å². The van der Waals surface area contributed by atoms with Gasteiger partial charge in [0.25, 0.3) is 0 Å². The van der Waals surface area contributed by atoms with Gasteiger partial charge in [-0.3, -0.25) is 0 Å². The second kappa shape index (κ2) is 4.70. The molecule has 0 saturated carbocycles. The fraction of sp³-hybridized carbons (Fsp3) is 0.250. The van der Waals surface area contributed by atoms with Crippen LogP contribution in [0.2, 0.25) is 5.02 Å². The van der Waals surface area contributed by atoms with Crippen molar-refractivity contribution in [1.29, 1.82) is 0 Å². The minimum atomic E-state index is 0.499. The van der Waals surface area contributed by atoms with E-state index >= 15 is 0 Å². The second-order valence-electron chi connectivity index (χ2n) is 2.19. The summed E-state index contributed by atoms with van der Waals surface area (Å²) in [6.45, 7) is 0.998. The van der Waals surface area contributed by atoms with E-state index in [0.29, 0.717) is 18.2 Å². The summed E-state index contributed by atoms with van der Waals surface area (Å²) in [5, 5.41) is 0.643. The average molecular weight is 251 g/mol. The third-order valence-electron chi connectivity index (χ3n) is 1.29. The molecular weight excluding hydrogens is 241 g/mol. The van der Waals surface area contributed by atoms with Crippen molar-refractivity contribution in [3.63, 3.8) is 0 Å². The maximum Gasteiger partial charge on any atom is 0.135 e. The summed E-state index contributed by atoms with van der Waals surface area (Å²) in [6, 6.07) is 5.46. The summed E-state index contributed by atoms with van der Waals surface area (Å²) < 4.78 is 6.09. The van der Waals surface area contributed by atoms with Crippen molar-refractivity contribution in [1.82, 2.24) is 0 Å². The minimum absolute atomic E-state index is 0.499. The van der Waals surface area contributed by atoms with Gasteiger partial charge in [0.1, 0.15) is 12.4 Å². The monoisotopic (exact) mass is 249 g/mol. The molecule has 0 atom stereocenters. The highest BCUT2D eigenvalue weighted by Gasteiger charge is 2.03. The molecule has 4 heteroatoms. The summed E-state index contributed by atoms with van der Waals surface area (Å²) in [4.78, 5) is 0. The molecule has 66 valence electrons. The first-order chi connectivity index (χ1) is 5.75. The Morgan fingerprint density at radius 2 is 2.25 bits per heavy atom. The van der Waals surface area contributed by atoms with Crippen molar-refractivity contribution in [2.45, 2.75) is 0 Å². The van der Waals surface area contributed by atoms with Crippen LogP contribution in [0.1, 0.15) is 0 Å². The quantitative estimate of drug-likeness (QED) is 0.894. The van der Waals surface area contributed by atoms with E-state index in [-0.39, 0.29) is 0 Å². The van der Waals surface area contributed by atoms with Gasteiger partial charge in [-0.2, -0.15) is 0 Å². The second-order valence-corrected chi connectivity index (χ2v) is 3.39. The van der Waals surface area contributed by atoms with E-state index in [2.05, 4.69) is 15.9 Å². The zero-order chi connectivity index (χ0) is 8.97. The molecule has 0 unspecified atom stereocenters. The van der Waals surface area contributed by atoms with Gasteiger partial charge in [0, 0.05) is 6.54 Å². The first-order valence-electron chi connectivity index (χ1n) is 3.52. The molecule has 0 amide bonds. The highest BCUT2D eigenvalue weighted by atomic mass is 79.9. The molecule has 0 radical (unpaired) electrons. The molecule has 0 heterocycles. The highest BCUT2D eigenvalue weighted by Crippen LogP contribution is 2.31. The van der Waals surface area contributed by atoms with E-state index in [1.54, 1.807) is 6.07 Å². The van der Waals surface area contributed by atoms with Crippen molar-refractivity contribution < 1.29 is 4.74 Å². The minimum Gasteiger partial charge on any atom is -0.491 e. The molecule has 0 aliphatic heterocycles. The Morgan fingerprint density at radius 3 is 2.92 bits per heavy atom. The Labute approximate surface area is 84.8 Å². The molecule has 0 aromatic heterocycles. The normalized spacial score (nSPS) is 9.92. The van der Waals surface area contributed by atoms with Crippen molar-refractivity contribution in [3.05, 3.63) is 27.7 Å². The molecule has 1 aromatic carbocycles. The van der Waals surface area contributed by atoms with Gasteiger partial charge in [0.15, 0.2) is 0 Å². The van der Waals surface area contributed by atoms with Crippen LogP contribution in [0.3, 0.4) is 0 Å². The van der Waals surface area contributed by atoms with Gasteiger partial charge < -0.3 is 10.5 Å². The average Bonchev–Trinajstić information content (AvgIpc) is 2.08. The van der Waals surface area contributed by atoms with Crippen LogP contribution in [0.15, 0.2) is 22.7 Å². The third-order valence-corrected chi connectivity index (χ3v) is 2.65. The molecule has 0 aliphatic carbocycles. The summed E-state index contributed by atoms with van der Waals surface area (Å²) in [5.74, 6) is 0.730. The van der Waals surface area contributed by atoms with Gasteiger partial charge in [0.05, 0.1) is 9.50 Å². The van der Waals surface area contributed by atoms with E-state index < -0.39 is 0 Å². The molecule has 0 saturated heterocycles. The van der Waals surface area contributed by atoms with E-state index in [1.165, 1.54) is 0 Å². The Kier molecular flexibility index (Phi) is 3.85. The maximum atomic E-state index is 5.83. The molecule has 2 nitrogen and oxygen atoms in total. The predicted octanol–water partition coefficient (Wildman–Crippen LogP) is 2.44. The van der Waals surface area contributed by atoms with E-state index in [0.717, 1.165) is 10.2 Å². The third kappa shape index (κ3) is 2.37. The molecule has 2 N–H and O–H groups in total. The van der Waals surface area contributed by atoms with Crippen LogP contribution in [0.5, 0.6) is 5.75 Å². The van der Waals surface area contributed by atoms with Crippen molar-refractivity contribution >= 4 is 27.5 Å². The van der Waals surface area contributed by atoms with Gasteiger partial charge >= 0.3 is 0 Å². The van der Waals surface area contributed by atoms with Gasteiger partial charge in [-0.05, 0) is 28.1 Å². The summed E-state index contributed by atoms with van der Waals surface area (Å²) >= 11 is 9.15. The molecule has 0 bridgehead atoms. The van der Waals surface area contributed by atoms with E-state index in [4.69, 9.17) is 22.1 Å². The van der Waals surface area contributed by atoms with Gasteiger partial charge in [0.2, 0.25) is 0 Å². The number of nitrogens with two attached hydrogens (primary N) is 1.